The number of aliphatic hydroxyl groups is 1. The van der Waals surface area contributed by atoms with E-state index in [1.165, 1.54) is 0 Å². The molecule has 0 heterocycles. The van der Waals surface area contributed by atoms with E-state index in [0.717, 1.165) is 16.7 Å². The minimum absolute atomic E-state index is 0.0694. The van der Waals surface area contributed by atoms with E-state index in [9.17, 15) is 9.90 Å². The van der Waals surface area contributed by atoms with E-state index < -0.39 is 5.97 Å². The maximum absolute atomic E-state index is 11.3. The Morgan fingerprint density at radius 2 is 1.90 bits per heavy atom. The van der Waals surface area contributed by atoms with Gasteiger partial charge in [-0.2, -0.15) is 0 Å². The predicted octanol–water partition coefficient (Wildman–Crippen LogP) is 3.68. The lowest BCUT2D eigenvalue weighted by molar-refractivity contribution is 0.0695. The van der Waals surface area contributed by atoms with Gasteiger partial charge in [-0.1, -0.05) is 48.9 Å². The zero-order valence-corrected chi connectivity index (χ0v) is 11.8. The molecule has 2 N–H and O–H groups in total. The van der Waals surface area contributed by atoms with E-state index in [0.29, 0.717) is 5.02 Å². The van der Waals surface area contributed by atoms with E-state index in [1.807, 2.05) is 19.1 Å². The molecule has 0 aliphatic heterocycles. The molecule has 0 saturated heterocycles. The molecule has 20 heavy (non-hydrogen) atoms. The summed E-state index contributed by atoms with van der Waals surface area (Å²) in [7, 11) is 0. The molecule has 2 aromatic rings. The first-order valence-corrected chi connectivity index (χ1v) is 6.63. The molecule has 0 saturated carbocycles. The van der Waals surface area contributed by atoms with Crippen molar-refractivity contribution in [3.8, 4) is 0 Å². The van der Waals surface area contributed by atoms with Crippen LogP contribution in [0.4, 0.5) is 0 Å². The Balaban J connectivity index is 2.46. The molecular weight excluding hydrogens is 276 g/mol. The fourth-order valence-electron chi connectivity index (χ4n) is 2.26. The molecule has 1 atom stereocenters. The molecule has 0 bridgehead atoms. The summed E-state index contributed by atoms with van der Waals surface area (Å²) in [5.41, 5.74) is 2.58. The Morgan fingerprint density at radius 3 is 2.50 bits per heavy atom. The van der Waals surface area contributed by atoms with Gasteiger partial charge in [-0.05, 0) is 28.8 Å². The van der Waals surface area contributed by atoms with Gasteiger partial charge in [0.25, 0.3) is 0 Å². The predicted molar refractivity (Wildman–Crippen MR) is 78.3 cm³/mol. The van der Waals surface area contributed by atoms with Gasteiger partial charge >= 0.3 is 5.97 Å². The summed E-state index contributed by atoms with van der Waals surface area (Å²) >= 11 is 6.23. The molecular formula is C16H15ClO3. The average molecular weight is 291 g/mol. The number of carboxylic acids is 1. The quantitative estimate of drug-likeness (QED) is 0.903. The van der Waals surface area contributed by atoms with Crippen LogP contribution in [0.1, 0.15) is 39.9 Å². The van der Waals surface area contributed by atoms with Crippen molar-refractivity contribution in [3.05, 3.63) is 69.7 Å². The highest BCUT2D eigenvalue weighted by Crippen LogP contribution is 2.32. The van der Waals surface area contributed by atoms with Crippen LogP contribution in [0.25, 0.3) is 0 Å². The maximum atomic E-state index is 11.3. The highest BCUT2D eigenvalue weighted by molar-refractivity contribution is 6.31. The topological polar surface area (TPSA) is 57.5 Å². The van der Waals surface area contributed by atoms with Gasteiger partial charge in [0.1, 0.15) is 0 Å². The van der Waals surface area contributed by atoms with E-state index in [4.69, 9.17) is 16.7 Å². The summed E-state index contributed by atoms with van der Waals surface area (Å²) in [5.74, 6) is -1.09. The normalized spacial score (nSPS) is 12.2. The molecule has 4 heteroatoms. The van der Waals surface area contributed by atoms with Gasteiger partial charge in [-0.25, -0.2) is 4.79 Å². The lowest BCUT2D eigenvalue weighted by Crippen LogP contribution is -2.06. The van der Waals surface area contributed by atoms with Crippen molar-refractivity contribution in [3.63, 3.8) is 0 Å². The minimum atomic E-state index is -0.949. The van der Waals surface area contributed by atoms with Crippen molar-refractivity contribution in [2.45, 2.75) is 19.4 Å². The lowest BCUT2D eigenvalue weighted by atomic mass is 9.89. The Morgan fingerprint density at radius 1 is 1.20 bits per heavy atom. The van der Waals surface area contributed by atoms with E-state index in [1.54, 1.807) is 30.3 Å². The highest BCUT2D eigenvalue weighted by atomic mass is 35.5. The summed E-state index contributed by atoms with van der Waals surface area (Å²) in [6, 6.07) is 12.2. The third-order valence-electron chi connectivity index (χ3n) is 3.37. The van der Waals surface area contributed by atoms with Crippen LogP contribution in [-0.2, 0) is 6.61 Å². The van der Waals surface area contributed by atoms with Crippen molar-refractivity contribution < 1.29 is 15.0 Å². The summed E-state index contributed by atoms with van der Waals surface area (Å²) in [5, 5.41) is 18.9. The van der Waals surface area contributed by atoms with E-state index in [-0.39, 0.29) is 18.1 Å². The molecule has 2 aromatic carbocycles. The molecule has 3 nitrogen and oxygen atoms in total. The number of benzene rings is 2. The maximum Gasteiger partial charge on any atom is 0.335 e. The van der Waals surface area contributed by atoms with Crippen molar-refractivity contribution in [2.75, 3.05) is 0 Å². The second kappa shape index (κ2) is 6.07. The molecule has 0 aliphatic carbocycles. The number of carbonyl (C=O) groups is 1. The molecule has 0 amide bonds. The fraction of sp³-hybridized carbons (Fsp3) is 0.188. The summed E-state index contributed by atoms with van der Waals surface area (Å²) < 4.78 is 0. The van der Waals surface area contributed by atoms with Gasteiger partial charge in [-0.3, -0.25) is 0 Å². The third kappa shape index (κ3) is 2.84. The Bertz CT molecular complexity index is 637. The van der Waals surface area contributed by atoms with E-state index >= 15 is 0 Å². The van der Waals surface area contributed by atoms with Crippen LogP contribution in [0, 0.1) is 0 Å². The van der Waals surface area contributed by atoms with Crippen LogP contribution in [0.3, 0.4) is 0 Å². The van der Waals surface area contributed by atoms with Gasteiger partial charge in [0, 0.05) is 10.9 Å². The van der Waals surface area contributed by atoms with Gasteiger partial charge in [0.15, 0.2) is 0 Å². The van der Waals surface area contributed by atoms with Gasteiger partial charge in [0.05, 0.1) is 12.2 Å². The van der Waals surface area contributed by atoms with Crippen LogP contribution in [0.5, 0.6) is 0 Å². The third-order valence-corrected chi connectivity index (χ3v) is 3.70. The Labute approximate surface area is 122 Å². The zero-order valence-electron chi connectivity index (χ0n) is 11.0. The number of halogens is 1. The van der Waals surface area contributed by atoms with Crippen LogP contribution >= 0.6 is 11.6 Å². The summed E-state index contributed by atoms with van der Waals surface area (Å²) in [4.78, 5) is 11.3. The minimum Gasteiger partial charge on any atom is -0.478 e. The molecule has 0 unspecified atom stereocenters. The molecule has 104 valence electrons. The van der Waals surface area contributed by atoms with Gasteiger partial charge in [0.2, 0.25) is 0 Å². The van der Waals surface area contributed by atoms with Gasteiger partial charge < -0.3 is 10.2 Å². The second-order valence-electron chi connectivity index (χ2n) is 4.63. The first kappa shape index (κ1) is 14.6. The van der Waals surface area contributed by atoms with Crippen LogP contribution in [-0.4, -0.2) is 16.2 Å². The Hall–Kier alpha value is -1.84. The average Bonchev–Trinajstić information content (AvgIpc) is 2.46. The van der Waals surface area contributed by atoms with Crippen LogP contribution in [0.15, 0.2) is 42.5 Å². The molecule has 0 aliphatic rings. The zero-order chi connectivity index (χ0) is 14.7. The number of hydrogen-bond donors (Lipinski definition) is 2. The fourth-order valence-corrected chi connectivity index (χ4v) is 2.62. The van der Waals surface area contributed by atoms with Crippen molar-refractivity contribution in [1.82, 2.24) is 0 Å². The largest absolute Gasteiger partial charge is 0.478 e. The van der Waals surface area contributed by atoms with Crippen molar-refractivity contribution in [2.24, 2.45) is 0 Å². The molecule has 0 fully saturated rings. The lowest BCUT2D eigenvalue weighted by Gasteiger charge is -2.17. The number of hydrogen-bond acceptors (Lipinski definition) is 2. The van der Waals surface area contributed by atoms with E-state index in [2.05, 4.69) is 0 Å². The molecule has 0 aromatic heterocycles. The summed E-state index contributed by atoms with van der Waals surface area (Å²) in [6.07, 6.45) is 0. The smallest absolute Gasteiger partial charge is 0.335 e. The van der Waals surface area contributed by atoms with Crippen molar-refractivity contribution in [1.29, 1.82) is 0 Å². The van der Waals surface area contributed by atoms with Crippen LogP contribution in [0.2, 0.25) is 5.02 Å². The second-order valence-corrected chi connectivity index (χ2v) is 5.04. The number of aromatic carboxylic acids is 1. The standard InChI is InChI=1S/C16H15ClO3/c1-10(12-4-2-3-5-14(12)16(19)20)13-7-6-11(9-18)8-15(13)17/h2-8,10,18H,9H2,1H3,(H,19,20)/t10-/m0/s1. The number of carboxylic acid groups (broad SMARTS) is 1. The summed E-state index contributed by atoms with van der Waals surface area (Å²) in [6.45, 7) is 1.85. The van der Waals surface area contributed by atoms with Crippen LogP contribution < -0.4 is 0 Å². The molecule has 2 rings (SSSR count). The SMILES string of the molecule is C[C@H](c1ccc(CO)cc1Cl)c1ccccc1C(=O)O. The first-order chi connectivity index (χ1) is 9.54. The first-order valence-electron chi connectivity index (χ1n) is 6.26. The number of rotatable bonds is 4. The molecule has 0 radical (unpaired) electrons. The highest BCUT2D eigenvalue weighted by Gasteiger charge is 2.18. The molecule has 0 spiro atoms. The van der Waals surface area contributed by atoms with Gasteiger partial charge in [-0.15, -0.1) is 0 Å². The Kier molecular flexibility index (Phi) is 4.42. The van der Waals surface area contributed by atoms with Crippen molar-refractivity contribution >= 4 is 17.6 Å². The monoisotopic (exact) mass is 290 g/mol. The number of aliphatic hydroxyl groups excluding tert-OH is 1.